The molecule has 0 aliphatic rings. The fourth-order valence-corrected chi connectivity index (χ4v) is 6.93. The summed E-state index contributed by atoms with van der Waals surface area (Å²) in [5.41, 5.74) is 0. The van der Waals surface area contributed by atoms with Crippen LogP contribution in [0.3, 0.4) is 0 Å². The van der Waals surface area contributed by atoms with Gasteiger partial charge in [-0.2, -0.15) is 8.42 Å². The molecule has 0 aromatic rings. The quantitative estimate of drug-likeness (QED) is 0.0396. The monoisotopic (exact) mass is 662 g/mol. The highest BCUT2D eigenvalue weighted by atomic mass is 32.2. The lowest BCUT2D eigenvalue weighted by Crippen LogP contribution is -2.50. The minimum Gasteiger partial charge on any atom is -0.391 e. The van der Waals surface area contributed by atoms with Crippen molar-refractivity contribution in [1.29, 1.82) is 0 Å². The maximum absolute atomic E-state index is 12.5. The van der Waals surface area contributed by atoms with Crippen molar-refractivity contribution in [3.63, 3.8) is 0 Å². The third-order valence-electron chi connectivity index (χ3n) is 9.17. The summed E-state index contributed by atoms with van der Waals surface area (Å²) in [5, 5.41) is 23.4. The zero-order chi connectivity index (χ0) is 33.4. The molecule has 0 aromatic carbocycles. The Balaban J connectivity index is 3.95. The Morgan fingerprint density at radius 3 is 1.11 bits per heavy atom. The molecule has 0 aromatic heterocycles. The first-order valence-electron chi connectivity index (χ1n) is 19.3. The Morgan fingerprint density at radius 2 is 0.800 bits per heavy atom. The zero-order valence-corrected chi connectivity index (χ0v) is 30.4. The van der Waals surface area contributed by atoms with Crippen LogP contribution in [0.1, 0.15) is 206 Å². The van der Waals surface area contributed by atoms with Gasteiger partial charge < -0.3 is 15.5 Å². The van der Waals surface area contributed by atoms with Crippen LogP contribution in [0.15, 0.2) is 0 Å². The first-order valence-corrected chi connectivity index (χ1v) is 20.9. The van der Waals surface area contributed by atoms with Crippen molar-refractivity contribution >= 4 is 16.0 Å². The summed E-state index contributed by atoms with van der Waals surface area (Å²) in [4.78, 5) is 12.5. The van der Waals surface area contributed by atoms with Crippen LogP contribution in [0, 0.1) is 0 Å². The first-order chi connectivity index (χ1) is 21.7. The Kier molecular flexibility index (Phi) is 31.4. The van der Waals surface area contributed by atoms with Gasteiger partial charge in [-0.3, -0.25) is 9.35 Å². The topological polar surface area (TPSA) is 124 Å². The predicted octanol–water partition coefficient (Wildman–Crippen LogP) is 9.82. The van der Waals surface area contributed by atoms with Crippen LogP contribution in [-0.2, 0) is 14.9 Å². The molecule has 0 radical (unpaired) electrons. The van der Waals surface area contributed by atoms with E-state index in [2.05, 4.69) is 19.2 Å². The molecule has 0 saturated heterocycles. The summed E-state index contributed by atoms with van der Waals surface area (Å²) >= 11 is 0. The van der Waals surface area contributed by atoms with Gasteiger partial charge in [-0.05, 0) is 12.8 Å². The Bertz CT molecular complexity index is 747. The molecule has 0 aliphatic heterocycles. The molecular weight excluding hydrogens is 586 g/mol. The average molecular weight is 662 g/mol. The Labute approximate surface area is 279 Å². The van der Waals surface area contributed by atoms with Crippen molar-refractivity contribution in [2.45, 2.75) is 225 Å². The van der Waals surface area contributed by atoms with Gasteiger partial charge in [0.1, 0.15) is 6.10 Å². The molecular formula is C37H75NO6S. The lowest BCUT2D eigenvalue weighted by atomic mass is 10.0. The number of aliphatic hydroxyl groups is 2. The molecule has 0 spiro atoms. The molecule has 45 heavy (non-hydrogen) atoms. The van der Waals surface area contributed by atoms with E-state index in [-0.39, 0.29) is 0 Å². The second kappa shape index (κ2) is 31.9. The molecule has 7 nitrogen and oxygen atoms in total. The minimum atomic E-state index is -4.40. The molecule has 0 saturated carbocycles. The van der Waals surface area contributed by atoms with Gasteiger partial charge in [-0.25, -0.2) is 0 Å². The van der Waals surface area contributed by atoms with Gasteiger partial charge in [-0.15, -0.1) is 0 Å². The number of amides is 1. The van der Waals surface area contributed by atoms with Crippen molar-refractivity contribution in [2.75, 3.05) is 5.75 Å². The molecule has 0 fully saturated rings. The van der Waals surface area contributed by atoms with E-state index in [1.807, 2.05) is 0 Å². The van der Waals surface area contributed by atoms with Crippen molar-refractivity contribution < 1.29 is 28.0 Å². The standard InChI is InChI=1S/C37H75NO6S/c1-3-5-7-9-11-13-15-16-17-18-19-20-21-22-24-25-27-29-31-35(39)34(33-45(42,43)44)38-37(41)36(40)32-30-28-26-23-14-12-10-8-6-4-2/h34-36,39-40H,3-33H2,1-2H3,(H,38,41)(H,42,43,44). The molecule has 0 bridgehead atoms. The fraction of sp³-hybridized carbons (Fsp3) is 0.973. The van der Waals surface area contributed by atoms with Crippen LogP contribution in [0.2, 0.25) is 0 Å². The van der Waals surface area contributed by atoms with E-state index in [0.717, 1.165) is 51.4 Å². The maximum atomic E-state index is 12.5. The number of hydrogen-bond acceptors (Lipinski definition) is 5. The lowest BCUT2D eigenvalue weighted by Gasteiger charge is -2.24. The highest BCUT2D eigenvalue weighted by Crippen LogP contribution is 2.16. The maximum Gasteiger partial charge on any atom is 0.266 e. The molecule has 4 N–H and O–H groups in total. The summed E-state index contributed by atoms with van der Waals surface area (Å²) in [6.45, 7) is 4.48. The summed E-state index contributed by atoms with van der Waals surface area (Å²) in [7, 11) is -4.40. The number of nitrogens with one attached hydrogen (secondary N) is 1. The Morgan fingerprint density at radius 1 is 0.511 bits per heavy atom. The molecule has 3 unspecified atom stereocenters. The summed E-state index contributed by atoms with van der Waals surface area (Å²) in [6.07, 6.45) is 32.7. The van der Waals surface area contributed by atoms with Gasteiger partial charge in [0.25, 0.3) is 10.1 Å². The Hall–Kier alpha value is -0.700. The third kappa shape index (κ3) is 31.7. The smallest absolute Gasteiger partial charge is 0.266 e. The van der Waals surface area contributed by atoms with E-state index in [0.29, 0.717) is 12.8 Å². The van der Waals surface area contributed by atoms with Crippen LogP contribution >= 0.6 is 0 Å². The van der Waals surface area contributed by atoms with Crippen LogP contribution in [-0.4, -0.2) is 53.1 Å². The SMILES string of the molecule is CCCCCCCCCCCCCCCCCCCCC(O)C(CS(=O)(=O)O)NC(=O)C(O)CCCCCCCCCCCC. The van der Waals surface area contributed by atoms with Gasteiger partial charge >= 0.3 is 0 Å². The van der Waals surface area contributed by atoms with Gasteiger partial charge in [0, 0.05) is 0 Å². The molecule has 3 atom stereocenters. The highest BCUT2D eigenvalue weighted by Gasteiger charge is 2.28. The van der Waals surface area contributed by atoms with Crippen LogP contribution in [0.5, 0.6) is 0 Å². The second-order valence-electron chi connectivity index (χ2n) is 13.7. The van der Waals surface area contributed by atoms with Crippen LogP contribution in [0.4, 0.5) is 0 Å². The molecule has 270 valence electrons. The molecule has 0 aliphatic carbocycles. The molecule has 0 rings (SSSR count). The van der Waals surface area contributed by atoms with E-state index >= 15 is 0 Å². The number of unbranched alkanes of at least 4 members (excludes halogenated alkanes) is 26. The van der Waals surface area contributed by atoms with Crippen molar-refractivity contribution in [3.05, 3.63) is 0 Å². The second-order valence-corrected chi connectivity index (χ2v) is 15.2. The zero-order valence-electron chi connectivity index (χ0n) is 29.6. The van der Waals surface area contributed by atoms with Crippen molar-refractivity contribution in [3.8, 4) is 0 Å². The van der Waals surface area contributed by atoms with E-state index < -0.39 is 40.0 Å². The first kappa shape index (κ1) is 44.3. The van der Waals surface area contributed by atoms with Crippen LogP contribution < -0.4 is 5.32 Å². The molecule has 1 amide bonds. The van der Waals surface area contributed by atoms with E-state index in [9.17, 15) is 28.0 Å². The van der Waals surface area contributed by atoms with Crippen molar-refractivity contribution in [1.82, 2.24) is 5.32 Å². The summed E-state index contributed by atoms with van der Waals surface area (Å²) in [6, 6.07) is -1.14. The fourth-order valence-electron chi connectivity index (χ4n) is 6.17. The van der Waals surface area contributed by atoms with Crippen molar-refractivity contribution in [2.24, 2.45) is 0 Å². The van der Waals surface area contributed by atoms with Gasteiger partial charge in [0.05, 0.1) is 17.9 Å². The predicted molar refractivity (Wildman–Crippen MR) is 190 cm³/mol. The summed E-state index contributed by atoms with van der Waals surface area (Å²) in [5.74, 6) is -1.44. The highest BCUT2D eigenvalue weighted by molar-refractivity contribution is 7.85. The largest absolute Gasteiger partial charge is 0.391 e. The minimum absolute atomic E-state index is 0.302. The normalized spacial score (nSPS) is 14.0. The number of rotatable bonds is 35. The number of aliphatic hydroxyl groups excluding tert-OH is 2. The third-order valence-corrected chi connectivity index (χ3v) is 9.95. The molecule has 8 heteroatoms. The van der Waals surface area contributed by atoms with E-state index in [4.69, 9.17) is 0 Å². The average Bonchev–Trinajstić information content (AvgIpc) is 3.00. The van der Waals surface area contributed by atoms with E-state index in [1.54, 1.807) is 0 Å². The number of hydrogen-bond donors (Lipinski definition) is 4. The van der Waals surface area contributed by atoms with Gasteiger partial charge in [0.2, 0.25) is 5.91 Å². The lowest BCUT2D eigenvalue weighted by molar-refractivity contribution is -0.131. The number of carbonyl (C=O) groups is 1. The van der Waals surface area contributed by atoms with E-state index in [1.165, 1.54) is 128 Å². The number of carbonyl (C=O) groups excluding carboxylic acids is 1. The van der Waals surface area contributed by atoms with Crippen LogP contribution in [0.25, 0.3) is 0 Å². The van der Waals surface area contributed by atoms with Gasteiger partial charge in [0.15, 0.2) is 0 Å². The molecule has 0 heterocycles. The summed E-state index contributed by atoms with van der Waals surface area (Å²) < 4.78 is 32.4. The van der Waals surface area contributed by atoms with Gasteiger partial charge in [-0.1, -0.05) is 194 Å².